The molecule has 1 N–H and O–H groups in total. The topological polar surface area (TPSA) is 53.7 Å². The molecular formula is C17H17ClN4O. The quantitative estimate of drug-likeness (QED) is 0.785. The fraction of sp³-hybridized carbons (Fsp3) is 0.294. The maximum Gasteiger partial charge on any atom is 0.165 e. The molecule has 1 aromatic carbocycles. The fourth-order valence-electron chi connectivity index (χ4n) is 3.05. The number of benzene rings is 1. The van der Waals surface area contributed by atoms with Crippen LogP contribution in [-0.2, 0) is 0 Å². The van der Waals surface area contributed by atoms with Crippen LogP contribution in [-0.4, -0.2) is 38.9 Å². The van der Waals surface area contributed by atoms with Gasteiger partial charge in [0.1, 0.15) is 5.82 Å². The molecule has 1 aliphatic rings. The fourth-order valence-corrected chi connectivity index (χ4v) is 3.17. The van der Waals surface area contributed by atoms with Gasteiger partial charge in [-0.05, 0) is 36.6 Å². The second-order valence-corrected chi connectivity index (χ2v) is 6.26. The zero-order valence-corrected chi connectivity index (χ0v) is 13.3. The van der Waals surface area contributed by atoms with Crippen molar-refractivity contribution in [3.63, 3.8) is 0 Å². The first kappa shape index (κ1) is 14.5. The Hall–Kier alpha value is -2.11. The molecule has 0 saturated carbocycles. The Labute approximate surface area is 139 Å². The number of aliphatic hydroxyl groups excluding tert-OH is 1. The van der Waals surface area contributed by atoms with E-state index in [9.17, 15) is 5.11 Å². The van der Waals surface area contributed by atoms with Crippen LogP contribution in [0.5, 0.6) is 0 Å². The number of hydrogen-bond acceptors (Lipinski definition) is 4. The van der Waals surface area contributed by atoms with Gasteiger partial charge in [-0.15, -0.1) is 0 Å². The summed E-state index contributed by atoms with van der Waals surface area (Å²) in [6.07, 6.45) is 5.04. The van der Waals surface area contributed by atoms with Crippen LogP contribution in [0.15, 0.2) is 42.7 Å². The molecule has 0 amide bonds. The summed E-state index contributed by atoms with van der Waals surface area (Å²) in [5, 5.41) is 14.9. The highest BCUT2D eigenvalue weighted by Crippen LogP contribution is 2.28. The number of fused-ring (bicyclic) bond motifs is 1. The number of nitrogens with zero attached hydrogens (tertiary/aromatic N) is 4. The Morgan fingerprint density at radius 2 is 1.83 bits per heavy atom. The van der Waals surface area contributed by atoms with Gasteiger partial charge in [0.15, 0.2) is 5.65 Å². The first-order chi connectivity index (χ1) is 11.2. The van der Waals surface area contributed by atoms with Crippen LogP contribution in [0, 0.1) is 0 Å². The molecule has 1 saturated heterocycles. The second kappa shape index (κ2) is 5.83. The van der Waals surface area contributed by atoms with E-state index in [4.69, 9.17) is 11.6 Å². The lowest BCUT2D eigenvalue weighted by Crippen LogP contribution is -2.36. The predicted octanol–water partition coefficient (Wildman–Crippen LogP) is 3.01. The van der Waals surface area contributed by atoms with E-state index in [1.165, 1.54) is 0 Å². The smallest absolute Gasteiger partial charge is 0.165 e. The Kier molecular flexibility index (Phi) is 3.67. The molecule has 3 aromatic rings. The van der Waals surface area contributed by atoms with Gasteiger partial charge in [-0.25, -0.2) is 4.98 Å². The summed E-state index contributed by atoms with van der Waals surface area (Å²) in [6, 6.07) is 9.67. The van der Waals surface area contributed by atoms with Gasteiger partial charge in [0.25, 0.3) is 0 Å². The zero-order chi connectivity index (χ0) is 15.8. The van der Waals surface area contributed by atoms with E-state index in [0.29, 0.717) is 5.02 Å². The van der Waals surface area contributed by atoms with Gasteiger partial charge < -0.3 is 10.0 Å². The Bertz CT molecular complexity index is 822. The third-order valence-corrected chi connectivity index (χ3v) is 4.58. The first-order valence-corrected chi connectivity index (χ1v) is 8.12. The SMILES string of the molecule is OC1CCN(c2ccnc3c(-c4ccc(Cl)cc4)cnn23)CC1. The minimum atomic E-state index is -0.189. The molecule has 118 valence electrons. The third-order valence-electron chi connectivity index (χ3n) is 4.32. The number of rotatable bonds is 2. The van der Waals surface area contributed by atoms with Crippen LogP contribution in [0.4, 0.5) is 5.82 Å². The normalized spacial score (nSPS) is 16.2. The number of aromatic nitrogens is 3. The van der Waals surface area contributed by atoms with Crippen LogP contribution in [0.1, 0.15) is 12.8 Å². The van der Waals surface area contributed by atoms with Crippen molar-refractivity contribution in [3.05, 3.63) is 47.7 Å². The van der Waals surface area contributed by atoms with Gasteiger partial charge in [-0.3, -0.25) is 0 Å². The Morgan fingerprint density at radius 1 is 1.09 bits per heavy atom. The van der Waals surface area contributed by atoms with Crippen molar-refractivity contribution >= 4 is 23.1 Å². The number of piperidine rings is 1. The molecule has 0 unspecified atom stereocenters. The van der Waals surface area contributed by atoms with Crippen molar-refractivity contribution in [2.24, 2.45) is 0 Å². The molecule has 1 aliphatic heterocycles. The molecule has 23 heavy (non-hydrogen) atoms. The van der Waals surface area contributed by atoms with Crippen molar-refractivity contribution in [2.75, 3.05) is 18.0 Å². The molecule has 2 aromatic heterocycles. The van der Waals surface area contributed by atoms with Crippen LogP contribution in [0.3, 0.4) is 0 Å². The van der Waals surface area contributed by atoms with E-state index < -0.39 is 0 Å². The van der Waals surface area contributed by atoms with E-state index in [2.05, 4.69) is 15.0 Å². The summed E-state index contributed by atoms with van der Waals surface area (Å²) in [5.41, 5.74) is 2.86. The minimum Gasteiger partial charge on any atom is -0.393 e. The maximum atomic E-state index is 9.69. The largest absolute Gasteiger partial charge is 0.393 e. The van der Waals surface area contributed by atoms with Crippen molar-refractivity contribution in [2.45, 2.75) is 18.9 Å². The summed E-state index contributed by atoms with van der Waals surface area (Å²) in [7, 11) is 0. The van der Waals surface area contributed by atoms with Crippen LogP contribution >= 0.6 is 11.6 Å². The summed E-state index contributed by atoms with van der Waals surface area (Å²) < 4.78 is 1.88. The second-order valence-electron chi connectivity index (χ2n) is 5.82. The predicted molar refractivity (Wildman–Crippen MR) is 90.9 cm³/mol. The molecule has 0 spiro atoms. The molecule has 1 fully saturated rings. The zero-order valence-electron chi connectivity index (χ0n) is 12.6. The number of anilines is 1. The van der Waals surface area contributed by atoms with Crippen LogP contribution in [0.2, 0.25) is 5.02 Å². The average molecular weight is 329 g/mol. The van der Waals surface area contributed by atoms with E-state index in [1.807, 2.05) is 47.2 Å². The lowest BCUT2D eigenvalue weighted by atomic mass is 10.1. The van der Waals surface area contributed by atoms with Gasteiger partial charge >= 0.3 is 0 Å². The monoisotopic (exact) mass is 328 g/mol. The van der Waals surface area contributed by atoms with E-state index in [0.717, 1.165) is 48.5 Å². The molecule has 4 rings (SSSR count). The lowest BCUT2D eigenvalue weighted by Gasteiger charge is -2.31. The van der Waals surface area contributed by atoms with Crippen LogP contribution in [0.25, 0.3) is 16.8 Å². The van der Waals surface area contributed by atoms with Gasteiger partial charge in [0, 0.05) is 29.9 Å². The maximum absolute atomic E-state index is 9.69. The van der Waals surface area contributed by atoms with Crippen molar-refractivity contribution in [1.82, 2.24) is 14.6 Å². The summed E-state index contributed by atoms with van der Waals surface area (Å²) in [6.45, 7) is 1.66. The van der Waals surface area contributed by atoms with E-state index in [1.54, 1.807) is 0 Å². The number of halogens is 1. The molecule has 5 nitrogen and oxygen atoms in total. The summed E-state index contributed by atoms with van der Waals surface area (Å²) in [4.78, 5) is 6.75. The van der Waals surface area contributed by atoms with E-state index in [-0.39, 0.29) is 6.10 Å². The summed E-state index contributed by atoms with van der Waals surface area (Å²) >= 11 is 5.97. The molecule has 0 aliphatic carbocycles. The number of aliphatic hydroxyl groups is 1. The van der Waals surface area contributed by atoms with Crippen molar-refractivity contribution < 1.29 is 5.11 Å². The van der Waals surface area contributed by atoms with Gasteiger partial charge in [0.2, 0.25) is 0 Å². The summed E-state index contributed by atoms with van der Waals surface area (Å²) in [5.74, 6) is 1.02. The molecule has 0 bridgehead atoms. The van der Waals surface area contributed by atoms with Gasteiger partial charge in [0.05, 0.1) is 12.3 Å². The van der Waals surface area contributed by atoms with Gasteiger partial charge in [-0.1, -0.05) is 23.7 Å². The molecule has 6 heteroatoms. The highest BCUT2D eigenvalue weighted by atomic mass is 35.5. The molecular weight excluding hydrogens is 312 g/mol. The van der Waals surface area contributed by atoms with Gasteiger partial charge in [-0.2, -0.15) is 9.61 Å². The minimum absolute atomic E-state index is 0.189. The standard InChI is InChI=1S/C17H17ClN4O/c18-13-3-1-12(2-4-13)15-11-20-22-16(5-8-19-17(15)22)21-9-6-14(23)7-10-21/h1-5,8,11,14,23H,6-7,9-10H2. The van der Waals surface area contributed by atoms with Crippen LogP contribution < -0.4 is 4.90 Å². The molecule has 3 heterocycles. The average Bonchev–Trinajstić information content (AvgIpc) is 3.00. The third kappa shape index (κ3) is 2.66. The molecule has 0 radical (unpaired) electrons. The number of hydrogen-bond donors (Lipinski definition) is 1. The lowest BCUT2D eigenvalue weighted by molar-refractivity contribution is 0.145. The molecule has 0 atom stereocenters. The highest BCUT2D eigenvalue weighted by Gasteiger charge is 2.20. The van der Waals surface area contributed by atoms with Crippen molar-refractivity contribution in [1.29, 1.82) is 0 Å². The first-order valence-electron chi connectivity index (χ1n) is 7.74. The highest BCUT2D eigenvalue weighted by molar-refractivity contribution is 6.30. The Balaban J connectivity index is 1.76. The van der Waals surface area contributed by atoms with Crippen molar-refractivity contribution in [3.8, 4) is 11.1 Å². The van der Waals surface area contributed by atoms with E-state index >= 15 is 0 Å². The Morgan fingerprint density at radius 3 is 2.57 bits per heavy atom.